The average Bonchev–Trinajstić information content (AvgIpc) is 2.30. The third kappa shape index (κ3) is 3.91. The summed E-state index contributed by atoms with van der Waals surface area (Å²) in [6.45, 7) is 8.85. The molecule has 0 spiro atoms. The zero-order valence-electron chi connectivity index (χ0n) is 11.4. The number of anilines is 1. The van der Waals surface area contributed by atoms with Crippen LogP contribution in [0, 0.1) is 11.8 Å². The fraction of sp³-hybridized carbons (Fsp3) is 0.600. The normalized spacial score (nSPS) is 25.0. The summed E-state index contributed by atoms with van der Waals surface area (Å²) in [6.07, 6.45) is 1.36. The second-order valence-electron chi connectivity index (χ2n) is 5.62. The first-order chi connectivity index (χ1) is 8.63. The Morgan fingerprint density at radius 2 is 1.78 bits per heavy atom. The smallest absolute Gasteiger partial charge is 0.119 e. The summed E-state index contributed by atoms with van der Waals surface area (Å²) < 4.78 is 5.74. The van der Waals surface area contributed by atoms with Crippen LogP contribution < -0.4 is 10.5 Å². The lowest BCUT2D eigenvalue weighted by atomic mass is 9.92. The van der Waals surface area contributed by atoms with Gasteiger partial charge >= 0.3 is 0 Å². The van der Waals surface area contributed by atoms with Crippen LogP contribution in [0.2, 0.25) is 0 Å². The van der Waals surface area contributed by atoms with Gasteiger partial charge in [-0.25, -0.2) is 0 Å². The third-order valence-electron chi connectivity index (χ3n) is 3.50. The highest BCUT2D eigenvalue weighted by atomic mass is 16.5. The minimum absolute atomic E-state index is 0.753. The molecule has 1 heterocycles. The van der Waals surface area contributed by atoms with Crippen molar-refractivity contribution in [3.63, 3.8) is 0 Å². The van der Waals surface area contributed by atoms with E-state index in [-0.39, 0.29) is 0 Å². The van der Waals surface area contributed by atoms with Gasteiger partial charge in [0.25, 0.3) is 0 Å². The van der Waals surface area contributed by atoms with E-state index in [2.05, 4.69) is 18.7 Å². The van der Waals surface area contributed by atoms with Gasteiger partial charge in [0.2, 0.25) is 0 Å². The zero-order chi connectivity index (χ0) is 13.0. The molecule has 0 bridgehead atoms. The molecule has 1 aliphatic heterocycles. The molecule has 100 valence electrons. The average molecular weight is 248 g/mol. The first kappa shape index (κ1) is 13.2. The fourth-order valence-electron chi connectivity index (χ4n) is 2.83. The maximum Gasteiger partial charge on any atom is 0.119 e. The summed E-state index contributed by atoms with van der Waals surface area (Å²) >= 11 is 0. The maximum absolute atomic E-state index is 5.74. The summed E-state index contributed by atoms with van der Waals surface area (Å²) in [5, 5.41) is 0. The van der Waals surface area contributed by atoms with Crippen molar-refractivity contribution >= 4 is 5.69 Å². The SMILES string of the molecule is CC1CC(C)CN(CCOc2ccc(N)cc2)C1. The lowest BCUT2D eigenvalue weighted by Crippen LogP contribution is -2.40. The Bertz CT molecular complexity index is 353. The van der Waals surface area contributed by atoms with Crippen LogP contribution in [0.5, 0.6) is 5.75 Å². The minimum Gasteiger partial charge on any atom is -0.492 e. The van der Waals surface area contributed by atoms with Gasteiger partial charge in [-0.3, -0.25) is 4.90 Å². The molecule has 1 aromatic rings. The number of benzene rings is 1. The minimum atomic E-state index is 0.753. The van der Waals surface area contributed by atoms with E-state index < -0.39 is 0 Å². The molecule has 1 aromatic carbocycles. The number of nitrogen functional groups attached to an aromatic ring is 1. The lowest BCUT2D eigenvalue weighted by molar-refractivity contribution is 0.120. The largest absolute Gasteiger partial charge is 0.492 e. The van der Waals surface area contributed by atoms with Crippen LogP contribution >= 0.6 is 0 Å². The standard InChI is InChI=1S/C15H24N2O/c1-12-9-13(2)11-17(10-12)7-8-18-15-5-3-14(16)4-6-15/h3-6,12-13H,7-11,16H2,1-2H3. The van der Waals surface area contributed by atoms with Crippen molar-refractivity contribution in [3.05, 3.63) is 24.3 Å². The lowest BCUT2D eigenvalue weighted by Gasteiger charge is -2.34. The molecule has 0 saturated carbocycles. The second-order valence-corrected chi connectivity index (χ2v) is 5.62. The van der Waals surface area contributed by atoms with Gasteiger partial charge in [0.05, 0.1) is 0 Å². The van der Waals surface area contributed by atoms with Crippen LogP contribution in [0.1, 0.15) is 20.3 Å². The van der Waals surface area contributed by atoms with Crippen LogP contribution in [-0.4, -0.2) is 31.1 Å². The second kappa shape index (κ2) is 6.10. The summed E-state index contributed by atoms with van der Waals surface area (Å²) in [7, 11) is 0. The van der Waals surface area contributed by atoms with E-state index >= 15 is 0 Å². The number of rotatable bonds is 4. The van der Waals surface area contributed by atoms with Gasteiger partial charge in [0, 0.05) is 25.3 Å². The van der Waals surface area contributed by atoms with Crippen molar-refractivity contribution in [1.82, 2.24) is 4.90 Å². The predicted molar refractivity (Wildman–Crippen MR) is 75.7 cm³/mol. The molecule has 2 unspecified atom stereocenters. The van der Waals surface area contributed by atoms with Gasteiger partial charge in [0.15, 0.2) is 0 Å². The molecule has 0 aliphatic carbocycles. The van der Waals surface area contributed by atoms with Crippen molar-refractivity contribution in [1.29, 1.82) is 0 Å². The van der Waals surface area contributed by atoms with Gasteiger partial charge in [-0.15, -0.1) is 0 Å². The summed E-state index contributed by atoms with van der Waals surface area (Å²) in [4.78, 5) is 2.51. The summed E-state index contributed by atoms with van der Waals surface area (Å²) in [5.41, 5.74) is 6.42. The highest BCUT2D eigenvalue weighted by Crippen LogP contribution is 2.20. The third-order valence-corrected chi connectivity index (χ3v) is 3.50. The molecule has 1 fully saturated rings. The quantitative estimate of drug-likeness (QED) is 0.832. The predicted octanol–water partition coefficient (Wildman–Crippen LogP) is 2.63. The van der Waals surface area contributed by atoms with E-state index in [1.807, 2.05) is 24.3 Å². The van der Waals surface area contributed by atoms with Crippen LogP contribution in [0.3, 0.4) is 0 Å². The molecule has 0 aromatic heterocycles. The van der Waals surface area contributed by atoms with Gasteiger partial charge in [0.1, 0.15) is 12.4 Å². The first-order valence-corrected chi connectivity index (χ1v) is 6.84. The van der Waals surface area contributed by atoms with Crippen LogP contribution in [-0.2, 0) is 0 Å². The Balaban J connectivity index is 1.73. The number of piperidine rings is 1. The van der Waals surface area contributed by atoms with E-state index in [0.29, 0.717) is 0 Å². The van der Waals surface area contributed by atoms with E-state index in [0.717, 1.165) is 36.4 Å². The van der Waals surface area contributed by atoms with E-state index in [1.54, 1.807) is 0 Å². The first-order valence-electron chi connectivity index (χ1n) is 6.84. The Morgan fingerprint density at radius 3 is 2.39 bits per heavy atom. The number of hydrogen-bond donors (Lipinski definition) is 1. The Hall–Kier alpha value is -1.22. The van der Waals surface area contributed by atoms with Crippen molar-refractivity contribution in [2.24, 2.45) is 11.8 Å². The van der Waals surface area contributed by atoms with Crippen molar-refractivity contribution in [2.45, 2.75) is 20.3 Å². The molecule has 18 heavy (non-hydrogen) atoms. The number of likely N-dealkylation sites (tertiary alicyclic amines) is 1. The molecule has 0 radical (unpaired) electrons. The fourth-order valence-corrected chi connectivity index (χ4v) is 2.83. The maximum atomic E-state index is 5.74. The van der Waals surface area contributed by atoms with E-state index in [9.17, 15) is 0 Å². The van der Waals surface area contributed by atoms with E-state index in [4.69, 9.17) is 10.5 Å². The van der Waals surface area contributed by atoms with Gasteiger partial charge in [-0.2, -0.15) is 0 Å². The highest BCUT2D eigenvalue weighted by Gasteiger charge is 2.21. The molecule has 1 aliphatic rings. The van der Waals surface area contributed by atoms with Crippen LogP contribution in [0.15, 0.2) is 24.3 Å². The van der Waals surface area contributed by atoms with Crippen molar-refractivity contribution in [2.75, 3.05) is 32.0 Å². The molecule has 2 atom stereocenters. The molecular formula is C15H24N2O. The van der Waals surface area contributed by atoms with Crippen LogP contribution in [0.4, 0.5) is 5.69 Å². The highest BCUT2D eigenvalue weighted by molar-refractivity contribution is 5.41. The Labute approximate surface area is 110 Å². The van der Waals surface area contributed by atoms with Gasteiger partial charge in [-0.1, -0.05) is 13.8 Å². The Morgan fingerprint density at radius 1 is 1.17 bits per heavy atom. The molecule has 2 rings (SSSR count). The van der Waals surface area contributed by atoms with Crippen molar-refractivity contribution in [3.8, 4) is 5.75 Å². The molecule has 2 N–H and O–H groups in total. The van der Waals surface area contributed by atoms with Crippen molar-refractivity contribution < 1.29 is 4.74 Å². The molecular weight excluding hydrogens is 224 g/mol. The summed E-state index contributed by atoms with van der Waals surface area (Å²) in [6, 6.07) is 7.61. The van der Waals surface area contributed by atoms with Gasteiger partial charge < -0.3 is 10.5 Å². The van der Waals surface area contributed by atoms with E-state index in [1.165, 1.54) is 19.5 Å². The molecule has 3 nitrogen and oxygen atoms in total. The number of nitrogens with zero attached hydrogens (tertiary/aromatic N) is 1. The molecule has 3 heteroatoms. The zero-order valence-corrected chi connectivity index (χ0v) is 11.4. The summed E-state index contributed by atoms with van der Waals surface area (Å²) in [5.74, 6) is 2.53. The Kier molecular flexibility index (Phi) is 4.48. The van der Waals surface area contributed by atoms with Gasteiger partial charge in [-0.05, 0) is 42.5 Å². The number of ether oxygens (including phenoxy) is 1. The molecule has 1 saturated heterocycles. The van der Waals surface area contributed by atoms with Crippen LogP contribution in [0.25, 0.3) is 0 Å². The topological polar surface area (TPSA) is 38.5 Å². The molecule has 0 amide bonds. The monoisotopic (exact) mass is 248 g/mol. The number of nitrogens with two attached hydrogens (primary N) is 1. The number of hydrogen-bond acceptors (Lipinski definition) is 3.